The maximum absolute atomic E-state index is 4.35. The summed E-state index contributed by atoms with van der Waals surface area (Å²) in [6.07, 6.45) is 3.96. The molecule has 0 aliphatic rings. The number of aryl methyl sites for hydroxylation is 1. The molecule has 2 rings (SSSR count). The smallest absolute Gasteiger partial charge is 0.235 e. The Labute approximate surface area is 77.6 Å². The topological polar surface area (TPSA) is 21.7 Å². The zero-order valence-corrected chi connectivity index (χ0v) is 8.23. The molecule has 0 aliphatic heterocycles. The average Bonchev–Trinajstić information content (AvgIpc) is 2.49. The van der Waals surface area contributed by atoms with Crippen LogP contribution in [0.4, 0.5) is 0 Å². The predicted molar refractivity (Wildman–Crippen MR) is 51.3 cm³/mol. The molecule has 0 saturated heterocycles. The van der Waals surface area contributed by atoms with Crippen molar-refractivity contribution in [3.05, 3.63) is 24.5 Å². The van der Waals surface area contributed by atoms with Gasteiger partial charge in [0.2, 0.25) is 0 Å². The summed E-state index contributed by atoms with van der Waals surface area (Å²) in [7, 11) is 2.04. The van der Waals surface area contributed by atoms with Crippen LogP contribution in [0.3, 0.4) is 0 Å². The van der Waals surface area contributed by atoms with E-state index in [-0.39, 0.29) is 0 Å². The van der Waals surface area contributed by atoms with Crippen LogP contribution in [0.2, 0.25) is 0 Å². The molecule has 0 unspecified atom stereocenters. The molecular weight excluding hydrogens is 162 g/mol. The normalized spacial score (nSPS) is 11.4. The Bertz CT molecular complexity index is 429. The first kappa shape index (κ1) is 8.23. The van der Waals surface area contributed by atoms with Gasteiger partial charge in [-0.3, -0.25) is 0 Å². The third-order valence-corrected chi connectivity index (χ3v) is 2.21. The molecule has 68 valence electrons. The summed E-state index contributed by atoms with van der Waals surface area (Å²) < 4.78 is 4.14. The van der Waals surface area contributed by atoms with E-state index in [2.05, 4.69) is 29.6 Å². The van der Waals surface area contributed by atoms with Crippen LogP contribution in [0.5, 0.6) is 0 Å². The molecule has 13 heavy (non-hydrogen) atoms. The fourth-order valence-corrected chi connectivity index (χ4v) is 1.58. The van der Waals surface area contributed by atoms with Gasteiger partial charge in [0, 0.05) is 0 Å². The number of rotatable bonds is 1. The first-order valence-corrected chi connectivity index (χ1v) is 4.52. The standard InChI is InChI=1S/C10H14N3/c1-8(2)13-10-9(7-11-13)5-4-6-12(10)3/h4-8H,1-3H3/q+1. The highest BCUT2D eigenvalue weighted by atomic mass is 15.3. The number of fused-ring (bicyclic) bond motifs is 1. The molecule has 0 aliphatic carbocycles. The van der Waals surface area contributed by atoms with Crippen molar-refractivity contribution in [2.75, 3.05) is 0 Å². The van der Waals surface area contributed by atoms with Crippen LogP contribution < -0.4 is 4.57 Å². The van der Waals surface area contributed by atoms with Gasteiger partial charge >= 0.3 is 5.65 Å². The first-order chi connectivity index (χ1) is 6.20. The van der Waals surface area contributed by atoms with Crippen molar-refractivity contribution in [1.82, 2.24) is 9.78 Å². The van der Waals surface area contributed by atoms with Gasteiger partial charge in [0.25, 0.3) is 0 Å². The van der Waals surface area contributed by atoms with Crippen LogP contribution in [0, 0.1) is 0 Å². The molecule has 0 aromatic carbocycles. The number of nitrogens with zero attached hydrogens (tertiary/aromatic N) is 3. The molecule has 0 N–H and O–H groups in total. The summed E-state index contributed by atoms with van der Waals surface area (Å²) in [5.74, 6) is 0. The summed E-state index contributed by atoms with van der Waals surface area (Å²) >= 11 is 0. The van der Waals surface area contributed by atoms with Crippen LogP contribution in [0.25, 0.3) is 11.0 Å². The molecule has 2 aromatic rings. The van der Waals surface area contributed by atoms with Crippen LogP contribution in [0.15, 0.2) is 24.5 Å². The Morgan fingerprint density at radius 3 is 2.92 bits per heavy atom. The molecule has 0 saturated carbocycles. The number of hydrogen-bond donors (Lipinski definition) is 0. The first-order valence-electron chi connectivity index (χ1n) is 4.52. The van der Waals surface area contributed by atoms with E-state index in [9.17, 15) is 0 Å². The highest BCUT2D eigenvalue weighted by Crippen LogP contribution is 2.12. The van der Waals surface area contributed by atoms with Crippen molar-refractivity contribution in [3.63, 3.8) is 0 Å². The van der Waals surface area contributed by atoms with Crippen LogP contribution in [-0.4, -0.2) is 9.78 Å². The van der Waals surface area contributed by atoms with E-state index in [1.54, 1.807) is 0 Å². The molecule has 0 spiro atoms. The van der Waals surface area contributed by atoms with Gasteiger partial charge in [-0.05, 0) is 26.0 Å². The van der Waals surface area contributed by atoms with Crippen molar-refractivity contribution in [3.8, 4) is 0 Å². The third-order valence-electron chi connectivity index (χ3n) is 2.21. The monoisotopic (exact) mass is 176 g/mol. The molecule has 3 heteroatoms. The molecule has 0 fully saturated rings. The van der Waals surface area contributed by atoms with E-state index in [0.29, 0.717) is 6.04 Å². The van der Waals surface area contributed by atoms with Gasteiger partial charge < -0.3 is 0 Å². The summed E-state index contributed by atoms with van der Waals surface area (Å²) in [5, 5.41) is 5.54. The van der Waals surface area contributed by atoms with E-state index in [1.165, 1.54) is 11.0 Å². The van der Waals surface area contributed by atoms with E-state index in [4.69, 9.17) is 0 Å². The largest absolute Gasteiger partial charge is 0.311 e. The quantitative estimate of drug-likeness (QED) is 0.602. The van der Waals surface area contributed by atoms with E-state index >= 15 is 0 Å². The highest BCUT2D eigenvalue weighted by Gasteiger charge is 2.15. The second-order valence-corrected chi connectivity index (χ2v) is 3.58. The highest BCUT2D eigenvalue weighted by molar-refractivity contribution is 5.71. The van der Waals surface area contributed by atoms with Gasteiger partial charge in [-0.2, -0.15) is 0 Å². The number of pyridine rings is 1. The van der Waals surface area contributed by atoms with Gasteiger partial charge in [-0.15, -0.1) is 4.68 Å². The molecule has 0 bridgehead atoms. The van der Waals surface area contributed by atoms with E-state index < -0.39 is 0 Å². The Morgan fingerprint density at radius 1 is 1.46 bits per heavy atom. The molecule has 0 radical (unpaired) electrons. The summed E-state index contributed by atoms with van der Waals surface area (Å²) in [6.45, 7) is 4.28. The minimum atomic E-state index is 0.408. The van der Waals surface area contributed by atoms with Crippen molar-refractivity contribution in [2.24, 2.45) is 7.05 Å². The second-order valence-electron chi connectivity index (χ2n) is 3.58. The van der Waals surface area contributed by atoms with Crippen molar-refractivity contribution in [1.29, 1.82) is 0 Å². The Balaban J connectivity index is 2.79. The molecular formula is C10H14N3+. The Hall–Kier alpha value is -1.38. The zero-order valence-electron chi connectivity index (χ0n) is 8.23. The number of aromatic nitrogens is 3. The molecule has 0 atom stereocenters. The molecule has 2 aromatic heterocycles. The van der Waals surface area contributed by atoms with Crippen molar-refractivity contribution >= 4 is 11.0 Å². The van der Waals surface area contributed by atoms with Gasteiger partial charge in [-0.1, -0.05) is 5.10 Å². The lowest BCUT2D eigenvalue weighted by Crippen LogP contribution is -2.31. The third kappa shape index (κ3) is 1.20. The van der Waals surface area contributed by atoms with Crippen LogP contribution in [0.1, 0.15) is 19.9 Å². The van der Waals surface area contributed by atoms with Crippen LogP contribution in [-0.2, 0) is 7.05 Å². The minimum absolute atomic E-state index is 0.408. The Morgan fingerprint density at radius 2 is 2.23 bits per heavy atom. The molecule has 2 heterocycles. The van der Waals surface area contributed by atoms with E-state index in [0.717, 1.165) is 0 Å². The SMILES string of the molecule is CC(C)n1ncc2ccc[n+](C)c21. The maximum atomic E-state index is 4.35. The fourth-order valence-electron chi connectivity index (χ4n) is 1.58. The molecule has 0 amide bonds. The minimum Gasteiger partial charge on any atom is -0.235 e. The lowest BCUT2D eigenvalue weighted by molar-refractivity contribution is -0.648. The summed E-state index contributed by atoms with van der Waals surface area (Å²) in [4.78, 5) is 0. The lowest BCUT2D eigenvalue weighted by atomic mass is 10.3. The fraction of sp³-hybridized carbons (Fsp3) is 0.400. The van der Waals surface area contributed by atoms with Gasteiger partial charge in [-0.25, -0.2) is 4.57 Å². The predicted octanol–water partition coefficient (Wildman–Crippen LogP) is 1.44. The van der Waals surface area contributed by atoms with Gasteiger partial charge in [0.1, 0.15) is 6.04 Å². The van der Waals surface area contributed by atoms with Crippen molar-refractivity contribution in [2.45, 2.75) is 19.9 Å². The second kappa shape index (κ2) is 2.83. The number of hydrogen-bond acceptors (Lipinski definition) is 1. The van der Waals surface area contributed by atoms with Gasteiger partial charge in [0.15, 0.2) is 0 Å². The van der Waals surface area contributed by atoms with Crippen molar-refractivity contribution < 1.29 is 4.57 Å². The van der Waals surface area contributed by atoms with Crippen LogP contribution >= 0.6 is 0 Å². The van der Waals surface area contributed by atoms with Gasteiger partial charge in [0.05, 0.1) is 24.8 Å². The van der Waals surface area contributed by atoms with E-state index in [1.807, 2.05) is 30.2 Å². The molecule has 3 nitrogen and oxygen atoms in total. The average molecular weight is 176 g/mol. The maximum Gasteiger partial charge on any atom is 0.311 e. The summed E-state index contributed by atoms with van der Waals surface area (Å²) in [5.41, 5.74) is 1.18. The Kier molecular flexibility index (Phi) is 1.79. The lowest BCUT2D eigenvalue weighted by Gasteiger charge is -2.00. The zero-order chi connectivity index (χ0) is 9.42. The summed E-state index contributed by atoms with van der Waals surface area (Å²) in [6, 6.07) is 4.53.